The molecule has 296 valence electrons. The molecule has 0 amide bonds. The van der Waals surface area contributed by atoms with Crippen molar-refractivity contribution in [2.24, 2.45) is 0 Å². The summed E-state index contributed by atoms with van der Waals surface area (Å²) in [4.78, 5) is 2.61. The molecule has 6 heteroatoms. The van der Waals surface area contributed by atoms with E-state index in [-0.39, 0.29) is 17.7 Å². The molecule has 0 radical (unpaired) electrons. The molecule has 12 aromatic rings. The summed E-state index contributed by atoms with van der Waals surface area (Å²) in [5, 5.41) is 9.14. The van der Waals surface area contributed by atoms with Gasteiger partial charge in [0, 0.05) is 77.3 Å². The van der Waals surface area contributed by atoms with Gasteiger partial charge in [0.1, 0.15) is 33.5 Å². The molecular weight excluding hydrogens is 759 g/mol. The molecule has 0 spiro atoms. The number of anilines is 2. The molecule has 0 unspecified atom stereocenters. The molecule has 4 aromatic heterocycles. The average molecular weight is 801 g/mol. The minimum atomic E-state index is -0.222. The fraction of sp³-hybridized carbons (Fsp3) is 0.143. The summed E-state index contributed by atoms with van der Waals surface area (Å²) in [6.45, 7) is 13.5. The second-order valence-electron chi connectivity index (χ2n) is 19.7. The summed E-state index contributed by atoms with van der Waals surface area (Å²) >= 11 is 0. The Balaban J connectivity index is 1.24. The lowest BCUT2D eigenvalue weighted by atomic mass is 9.43. The first-order valence-corrected chi connectivity index (χ1v) is 21.8. The molecule has 2 aliphatic heterocycles. The smallest absolute Gasteiger partial charge is 0.333 e. The van der Waals surface area contributed by atoms with Gasteiger partial charge in [-0.05, 0) is 87.5 Å². The molecule has 6 heterocycles. The molecule has 0 N–H and O–H groups in total. The lowest BCUT2D eigenvalue weighted by molar-refractivity contribution is 0.590. The summed E-state index contributed by atoms with van der Waals surface area (Å²) in [7, 11) is 0. The van der Waals surface area contributed by atoms with Crippen LogP contribution in [0, 0.1) is 0 Å². The Bertz CT molecular complexity index is 3960. The van der Waals surface area contributed by atoms with Crippen molar-refractivity contribution in [2.45, 2.75) is 52.4 Å². The first kappa shape index (κ1) is 34.5. The largest absolute Gasteiger partial charge is 0.456 e. The van der Waals surface area contributed by atoms with Crippen LogP contribution in [-0.2, 0) is 10.8 Å². The Hall–Kier alpha value is -7.18. The van der Waals surface area contributed by atoms with Gasteiger partial charge < -0.3 is 22.6 Å². The molecule has 0 fully saturated rings. The van der Waals surface area contributed by atoms with E-state index in [1.165, 1.54) is 43.9 Å². The van der Waals surface area contributed by atoms with Crippen LogP contribution in [0.3, 0.4) is 0 Å². The molecule has 0 aliphatic carbocycles. The number of para-hydroxylation sites is 3. The number of aromatic nitrogens is 1. The van der Waals surface area contributed by atoms with Gasteiger partial charge in [0.25, 0.3) is 0 Å². The van der Waals surface area contributed by atoms with Crippen LogP contribution in [-0.4, -0.2) is 11.4 Å². The fourth-order valence-corrected chi connectivity index (χ4v) is 11.1. The van der Waals surface area contributed by atoms with Crippen LogP contribution >= 0.6 is 0 Å². The van der Waals surface area contributed by atoms with E-state index in [1.807, 2.05) is 0 Å². The Kier molecular flexibility index (Phi) is 6.34. The summed E-state index contributed by atoms with van der Waals surface area (Å²) in [5.74, 6) is 0. The zero-order valence-electron chi connectivity index (χ0n) is 35.5. The highest BCUT2D eigenvalue weighted by Crippen LogP contribution is 2.53. The van der Waals surface area contributed by atoms with E-state index < -0.39 is 0 Å². The molecule has 0 saturated carbocycles. The van der Waals surface area contributed by atoms with E-state index in [0.29, 0.717) is 0 Å². The predicted molar refractivity (Wildman–Crippen MR) is 259 cm³/mol. The van der Waals surface area contributed by atoms with Crippen molar-refractivity contribution in [3.05, 3.63) is 151 Å². The topological polar surface area (TPSA) is 47.6 Å². The summed E-state index contributed by atoms with van der Waals surface area (Å²) < 4.78 is 23.2. The summed E-state index contributed by atoms with van der Waals surface area (Å²) in [6.07, 6.45) is 0. The number of furan rings is 3. The summed E-state index contributed by atoms with van der Waals surface area (Å²) in [6, 6.07) is 51.2. The predicted octanol–water partition coefficient (Wildman–Crippen LogP) is 14.3. The van der Waals surface area contributed by atoms with Gasteiger partial charge in [-0.1, -0.05) is 120 Å². The van der Waals surface area contributed by atoms with Gasteiger partial charge in [-0.15, -0.1) is 0 Å². The van der Waals surface area contributed by atoms with Crippen LogP contribution in [0.2, 0.25) is 0 Å². The average Bonchev–Trinajstić information content (AvgIpc) is 4.02. The number of hydrogen-bond donors (Lipinski definition) is 0. The normalized spacial score (nSPS) is 13.9. The number of benzene rings is 8. The fourth-order valence-electron chi connectivity index (χ4n) is 11.1. The third-order valence-corrected chi connectivity index (χ3v) is 14.1. The second-order valence-corrected chi connectivity index (χ2v) is 19.7. The zero-order chi connectivity index (χ0) is 41.6. The van der Waals surface area contributed by atoms with E-state index in [1.54, 1.807) is 0 Å². The summed E-state index contributed by atoms with van der Waals surface area (Å²) in [5.41, 5.74) is 18.3. The van der Waals surface area contributed by atoms with E-state index in [0.717, 1.165) is 94.0 Å². The van der Waals surface area contributed by atoms with Gasteiger partial charge in [0.2, 0.25) is 0 Å². The third kappa shape index (κ3) is 4.34. The first-order chi connectivity index (χ1) is 30.0. The molecule has 5 nitrogen and oxygen atoms in total. The molecule has 2 aliphatic rings. The molecule has 0 bridgehead atoms. The molecule has 8 aromatic carbocycles. The molecule has 62 heavy (non-hydrogen) atoms. The number of nitrogens with zero attached hydrogens (tertiary/aromatic N) is 2. The molecule has 14 rings (SSSR count). The van der Waals surface area contributed by atoms with Gasteiger partial charge in [0.05, 0.1) is 11.0 Å². The van der Waals surface area contributed by atoms with E-state index >= 15 is 0 Å². The lowest BCUT2D eigenvalue weighted by Crippen LogP contribution is -2.60. The maximum atomic E-state index is 7.24. The maximum absolute atomic E-state index is 7.24. The van der Waals surface area contributed by atoms with Crippen molar-refractivity contribution in [3.8, 4) is 16.8 Å². The maximum Gasteiger partial charge on any atom is 0.333 e. The quantitative estimate of drug-likeness (QED) is 0.155. The van der Waals surface area contributed by atoms with Crippen LogP contribution in [0.1, 0.15) is 52.7 Å². The minimum absolute atomic E-state index is 0.00407. The molecule has 0 saturated heterocycles. The van der Waals surface area contributed by atoms with Crippen LogP contribution in [0.4, 0.5) is 11.4 Å². The standard InChI is InChI=1S/C56H41BN2O3/c1-55(2,3)30-19-22-32(23-20-30)59-42-27-37-34-14-8-11-17-45(34)60-47(37)28-39(42)51-52-53-49(50-35-15-9-12-18-46(35)62-54(50)51)38-25-31(56(4,5)6)21-24-41(38)58(53)43-29-48-36(26-40(43)57(52)59)33-13-7-10-16-44(33)61-48/h7-29H,1-6H3. The van der Waals surface area contributed by atoms with Crippen molar-refractivity contribution in [3.63, 3.8) is 0 Å². The van der Waals surface area contributed by atoms with E-state index in [2.05, 4.69) is 190 Å². The van der Waals surface area contributed by atoms with Gasteiger partial charge in [-0.25, -0.2) is 0 Å². The second kappa shape index (κ2) is 11.4. The van der Waals surface area contributed by atoms with Crippen LogP contribution in [0.25, 0.3) is 104 Å². The SMILES string of the molecule is CC(C)(C)c1ccc(N2B3c4cc5c(cc4-n4c6ccc(C(C)(C)C)cc6c6c7c(oc8ccccc87)c(c3c64)-c3cc4oc6ccccc6c4cc32)oc2ccccc25)cc1. The monoisotopic (exact) mass is 800 g/mol. The number of hydrogen-bond acceptors (Lipinski definition) is 4. The third-order valence-electron chi connectivity index (χ3n) is 14.1. The van der Waals surface area contributed by atoms with Crippen LogP contribution < -0.4 is 15.7 Å². The Morgan fingerprint density at radius 1 is 0.468 bits per heavy atom. The van der Waals surface area contributed by atoms with E-state index in [4.69, 9.17) is 13.3 Å². The highest BCUT2D eigenvalue weighted by atomic mass is 16.3. The highest BCUT2D eigenvalue weighted by molar-refractivity contribution is 6.94. The van der Waals surface area contributed by atoms with Gasteiger partial charge >= 0.3 is 6.85 Å². The highest BCUT2D eigenvalue weighted by Gasteiger charge is 2.47. The van der Waals surface area contributed by atoms with Gasteiger partial charge in [-0.3, -0.25) is 0 Å². The minimum Gasteiger partial charge on any atom is -0.456 e. The van der Waals surface area contributed by atoms with Crippen molar-refractivity contribution < 1.29 is 13.3 Å². The van der Waals surface area contributed by atoms with Crippen LogP contribution in [0.5, 0.6) is 0 Å². The van der Waals surface area contributed by atoms with Gasteiger partial charge in [-0.2, -0.15) is 0 Å². The Labute approximate surface area is 357 Å². The van der Waals surface area contributed by atoms with Crippen molar-refractivity contribution >= 4 is 117 Å². The molecule has 0 atom stereocenters. The first-order valence-electron chi connectivity index (χ1n) is 21.8. The zero-order valence-corrected chi connectivity index (χ0v) is 35.5. The van der Waals surface area contributed by atoms with Crippen LogP contribution in [0.15, 0.2) is 153 Å². The Morgan fingerprint density at radius 3 is 1.74 bits per heavy atom. The van der Waals surface area contributed by atoms with Crippen molar-refractivity contribution in [1.29, 1.82) is 0 Å². The van der Waals surface area contributed by atoms with Gasteiger partial charge in [0.15, 0.2) is 0 Å². The van der Waals surface area contributed by atoms with Crippen molar-refractivity contribution in [1.82, 2.24) is 4.57 Å². The number of rotatable bonds is 1. The lowest BCUT2D eigenvalue weighted by Gasteiger charge is -2.42. The Morgan fingerprint density at radius 2 is 1.06 bits per heavy atom. The molecular formula is C56H41BN2O3. The van der Waals surface area contributed by atoms with E-state index in [9.17, 15) is 0 Å². The van der Waals surface area contributed by atoms with Crippen molar-refractivity contribution in [2.75, 3.05) is 4.81 Å². The number of fused-ring (bicyclic) bond motifs is 19.